The summed E-state index contributed by atoms with van der Waals surface area (Å²) >= 11 is 0. The van der Waals surface area contributed by atoms with Crippen LogP contribution in [0.3, 0.4) is 0 Å². The lowest BCUT2D eigenvalue weighted by atomic mass is 10.1. The SMILES string of the molecule is Cn1cc(CNCCN2CCCCC2)c(=O)n(C)c1=O. The third-order valence-electron chi connectivity index (χ3n) is 3.89. The van der Waals surface area contributed by atoms with Crippen molar-refractivity contribution in [1.29, 1.82) is 0 Å². The minimum atomic E-state index is -0.285. The lowest BCUT2D eigenvalue weighted by Gasteiger charge is -2.26. The van der Waals surface area contributed by atoms with E-state index in [0.29, 0.717) is 12.1 Å². The first-order valence-corrected chi connectivity index (χ1v) is 7.28. The molecule has 1 saturated heterocycles. The Morgan fingerprint density at radius 3 is 2.55 bits per heavy atom. The van der Waals surface area contributed by atoms with Crippen LogP contribution in [0.25, 0.3) is 0 Å². The Kier molecular flexibility index (Phi) is 5.14. The van der Waals surface area contributed by atoms with Gasteiger partial charge in [-0.05, 0) is 25.9 Å². The normalized spacial score (nSPS) is 16.5. The summed E-state index contributed by atoms with van der Waals surface area (Å²) in [6.07, 6.45) is 5.55. The molecule has 0 aromatic carbocycles. The fourth-order valence-electron chi connectivity index (χ4n) is 2.65. The molecule has 0 amide bonds. The highest BCUT2D eigenvalue weighted by Gasteiger charge is 2.10. The zero-order valence-electron chi connectivity index (χ0n) is 12.4. The molecule has 0 radical (unpaired) electrons. The van der Waals surface area contributed by atoms with Crippen molar-refractivity contribution < 1.29 is 0 Å². The second-order valence-corrected chi connectivity index (χ2v) is 5.49. The molecule has 2 heterocycles. The van der Waals surface area contributed by atoms with Gasteiger partial charge in [-0.3, -0.25) is 9.36 Å². The summed E-state index contributed by atoms with van der Waals surface area (Å²) in [5, 5.41) is 3.29. The molecule has 6 nitrogen and oxygen atoms in total. The summed E-state index contributed by atoms with van der Waals surface area (Å²) in [5.74, 6) is 0. The van der Waals surface area contributed by atoms with E-state index in [-0.39, 0.29) is 11.2 Å². The van der Waals surface area contributed by atoms with E-state index >= 15 is 0 Å². The van der Waals surface area contributed by atoms with Crippen molar-refractivity contribution in [2.75, 3.05) is 26.2 Å². The number of aromatic nitrogens is 2. The third-order valence-corrected chi connectivity index (χ3v) is 3.89. The predicted molar refractivity (Wildman–Crippen MR) is 78.9 cm³/mol. The van der Waals surface area contributed by atoms with Crippen molar-refractivity contribution in [1.82, 2.24) is 19.4 Å². The first kappa shape index (κ1) is 15.0. The Hall–Kier alpha value is -1.40. The smallest absolute Gasteiger partial charge is 0.311 e. The second kappa shape index (κ2) is 6.85. The van der Waals surface area contributed by atoms with Gasteiger partial charge in [0.25, 0.3) is 5.56 Å². The molecule has 1 N–H and O–H groups in total. The molecule has 0 saturated carbocycles. The van der Waals surface area contributed by atoms with Gasteiger partial charge in [-0.15, -0.1) is 0 Å². The minimum Gasteiger partial charge on any atom is -0.311 e. The van der Waals surface area contributed by atoms with Crippen LogP contribution in [0.2, 0.25) is 0 Å². The molecule has 1 aliphatic rings. The van der Waals surface area contributed by atoms with E-state index in [1.165, 1.54) is 44.0 Å². The van der Waals surface area contributed by atoms with Gasteiger partial charge < -0.3 is 14.8 Å². The molecule has 112 valence electrons. The lowest BCUT2D eigenvalue weighted by molar-refractivity contribution is 0.229. The maximum Gasteiger partial charge on any atom is 0.330 e. The minimum absolute atomic E-state index is 0.210. The average molecular weight is 280 g/mol. The summed E-state index contributed by atoms with van der Waals surface area (Å²) in [6, 6.07) is 0. The van der Waals surface area contributed by atoms with Gasteiger partial charge in [0, 0.05) is 45.5 Å². The molecule has 1 aromatic rings. The van der Waals surface area contributed by atoms with E-state index in [0.717, 1.165) is 17.7 Å². The van der Waals surface area contributed by atoms with Crippen LogP contribution in [-0.4, -0.2) is 40.2 Å². The van der Waals surface area contributed by atoms with Crippen LogP contribution in [0.5, 0.6) is 0 Å². The van der Waals surface area contributed by atoms with E-state index in [9.17, 15) is 9.59 Å². The predicted octanol–water partition coefficient (Wildman–Crippen LogP) is -0.340. The number of aryl methyl sites for hydroxylation is 1. The summed E-state index contributed by atoms with van der Waals surface area (Å²) in [6.45, 7) is 4.76. The molecular formula is C14H24N4O2. The van der Waals surface area contributed by atoms with Crippen LogP contribution in [0.4, 0.5) is 0 Å². The highest BCUT2D eigenvalue weighted by atomic mass is 16.2. The number of nitrogens with zero attached hydrogens (tertiary/aromatic N) is 3. The number of nitrogens with one attached hydrogen (secondary N) is 1. The van der Waals surface area contributed by atoms with Crippen LogP contribution in [-0.2, 0) is 20.6 Å². The van der Waals surface area contributed by atoms with Gasteiger partial charge >= 0.3 is 5.69 Å². The number of hydrogen-bond donors (Lipinski definition) is 1. The molecule has 0 bridgehead atoms. The molecule has 20 heavy (non-hydrogen) atoms. The molecule has 0 atom stereocenters. The van der Waals surface area contributed by atoms with E-state index < -0.39 is 0 Å². The van der Waals surface area contributed by atoms with Gasteiger partial charge in [0.15, 0.2) is 0 Å². The van der Waals surface area contributed by atoms with Crippen LogP contribution < -0.4 is 16.6 Å². The molecule has 0 spiro atoms. The molecule has 6 heteroatoms. The van der Waals surface area contributed by atoms with Gasteiger partial charge in [0.05, 0.1) is 0 Å². The van der Waals surface area contributed by atoms with Crippen LogP contribution >= 0.6 is 0 Å². The van der Waals surface area contributed by atoms with E-state index in [1.807, 2.05) is 0 Å². The summed E-state index contributed by atoms with van der Waals surface area (Å²) < 4.78 is 2.60. The Bertz CT molecular complexity index is 555. The largest absolute Gasteiger partial charge is 0.330 e. The maximum atomic E-state index is 11.9. The van der Waals surface area contributed by atoms with E-state index in [4.69, 9.17) is 0 Å². The summed E-state index contributed by atoms with van der Waals surface area (Å²) in [4.78, 5) is 26.0. The Morgan fingerprint density at radius 2 is 1.85 bits per heavy atom. The van der Waals surface area contributed by atoms with E-state index in [1.54, 1.807) is 13.2 Å². The first-order valence-electron chi connectivity index (χ1n) is 7.28. The third kappa shape index (κ3) is 3.58. The highest BCUT2D eigenvalue weighted by Crippen LogP contribution is 2.07. The van der Waals surface area contributed by atoms with Crippen molar-refractivity contribution in [2.24, 2.45) is 14.1 Å². The van der Waals surface area contributed by atoms with Crippen molar-refractivity contribution in [3.05, 3.63) is 32.6 Å². The number of rotatable bonds is 5. The zero-order valence-corrected chi connectivity index (χ0v) is 12.4. The Labute approximate surface area is 119 Å². The summed E-state index contributed by atoms with van der Waals surface area (Å²) in [7, 11) is 3.18. The first-order chi connectivity index (χ1) is 9.59. The number of likely N-dealkylation sites (tertiary alicyclic amines) is 1. The Morgan fingerprint density at radius 1 is 1.15 bits per heavy atom. The van der Waals surface area contributed by atoms with Crippen LogP contribution in [0, 0.1) is 0 Å². The zero-order chi connectivity index (χ0) is 14.5. The standard InChI is InChI=1S/C14H24N4O2/c1-16-11-12(13(19)17(2)14(16)20)10-15-6-9-18-7-4-3-5-8-18/h11,15H,3-10H2,1-2H3. The second-order valence-electron chi connectivity index (χ2n) is 5.49. The monoisotopic (exact) mass is 280 g/mol. The van der Waals surface area contributed by atoms with Gasteiger partial charge in [0.1, 0.15) is 0 Å². The van der Waals surface area contributed by atoms with Gasteiger partial charge in [-0.1, -0.05) is 6.42 Å². The van der Waals surface area contributed by atoms with Crippen molar-refractivity contribution in [3.63, 3.8) is 0 Å². The van der Waals surface area contributed by atoms with Crippen LogP contribution in [0.15, 0.2) is 15.8 Å². The number of piperidine rings is 1. The fourth-order valence-corrected chi connectivity index (χ4v) is 2.65. The van der Waals surface area contributed by atoms with Crippen molar-refractivity contribution in [3.8, 4) is 0 Å². The topological polar surface area (TPSA) is 59.3 Å². The molecular weight excluding hydrogens is 256 g/mol. The highest BCUT2D eigenvalue weighted by molar-refractivity contribution is 5.05. The van der Waals surface area contributed by atoms with Gasteiger partial charge in [0.2, 0.25) is 0 Å². The fraction of sp³-hybridized carbons (Fsp3) is 0.714. The van der Waals surface area contributed by atoms with Crippen molar-refractivity contribution in [2.45, 2.75) is 25.8 Å². The molecule has 2 rings (SSSR count). The number of hydrogen-bond acceptors (Lipinski definition) is 4. The average Bonchev–Trinajstić information content (AvgIpc) is 2.47. The molecule has 1 fully saturated rings. The summed E-state index contributed by atoms with van der Waals surface area (Å²) in [5.41, 5.74) is 0.138. The van der Waals surface area contributed by atoms with Crippen molar-refractivity contribution >= 4 is 0 Å². The Balaban J connectivity index is 1.85. The molecule has 0 unspecified atom stereocenters. The van der Waals surface area contributed by atoms with Crippen LogP contribution in [0.1, 0.15) is 24.8 Å². The molecule has 0 aliphatic carbocycles. The quantitative estimate of drug-likeness (QED) is 0.750. The molecule has 1 aliphatic heterocycles. The lowest BCUT2D eigenvalue weighted by Crippen LogP contribution is -2.40. The van der Waals surface area contributed by atoms with Gasteiger partial charge in [-0.2, -0.15) is 0 Å². The van der Waals surface area contributed by atoms with E-state index in [2.05, 4.69) is 10.2 Å². The molecule has 1 aromatic heterocycles. The van der Waals surface area contributed by atoms with Gasteiger partial charge in [-0.25, -0.2) is 4.79 Å². The maximum absolute atomic E-state index is 11.9.